The molecule has 19 heavy (non-hydrogen) atoms. The predicted octanol–water partition coefficient (Wildman–Crippen LogP) is 4.22. The van der Waals surface area contributed by atoms with Crippen molar-refractivity contribution in [2.45, 2.75) is 44.7 Å². The first-order valence-electron chi connectivity index (χ1n) is 7.31. The fraction of sp³-hybridized carbons (Fsp3) is 0.500. The van der Waals surface area contributed by atoms with E-state index in [4.69, 9.17) is 11.6 Å². The first-order chi connectivity index (χ1) is 9.34. The molecule has 3 rings (SSSR count). The number of nitrogens with zero attached hydrogens (tertiary/aromatic N) is 1. The van der Waals surface area contributed by atoms with Crippen molar-refractivity contribution in [2.75, 3.05) is 6.54 Å². The first kappa shape index (κ1) is 13.0. The van der Waals surface area contributed by atoms with Crippen LogP contribution in [-0.4, -0.2) is 17.2 Å². The van der Waals surface area contributed by atoms with Crippen molar-refractivity contribution in [3.63, 3.8) is 0 Å². The van der Waals surface area contributed by atoms with E-state index in [1.54, 1.807) is 0 Å². The van der Waals surface area contributed by atoms with Crippen molar-refractivity contribution in [1.82, 2.24) is 9.88 Å². The van der Waals surface area contributed by atoms with Crippen molar-refractivity contribution in [3.8, 4) is 0 Å². The number of halogens is 1. The van der Waals surface area contributed by atoms with Crippen molar-refractivity contribution in [2.24, 2.45) is 0 Å². The summed E-state index contributed by atoms with van der Waals surface area (Å²) in [7, 11) is 0. The highest BCUT2D eigenvalue weighted by Gasteiger charge is 2.12. The van der Waals surface area contributed by atoms with Gasteiger partial charge in [-0.05, 0) is 18.9 Å². The normalized spacial score (nSPS) is 17.1. The second kappa shape index (κ2) is 5.98. The monoisotopic (exact) mass is 276 g/mol. The number of fused-ring (bicyclic) bond motifs is 1. The summed E-state index contributed by atoms with van der Waals surface area (Å²) in [5.41, 5.74) is 1.23. The van der Waals surface area contributed by atoms with Crippen molar-refractivity contribution < 1.29 is 0 Å². The molecule has 1 aliphatic carbocycles. The minimum atomic E-state index is 0.728. The molecule has 0 saturated heterocycles. The van der Waals surface area contributed by atoms with Crippen LogP contribution in [0.5, 0.6) is 0 Å². The topological polar surface area (TPSA) is 17.0 Å². The smallest absolute Gasteiger partial charge is 0.0661 e. The van der Waals surface area contributed by atoms with E-state index >= 15 is 0 Å². The maximum absolute atomic E-state index is 6.26. The molecule has 1 N–H and O–H groups in total. The van der Waals surface area contributed by atoms with E-state index in [0.29, 0.717) is 0 Å². The molecule has 2 nitrogen and oxygen atoms in total. The summed E-state index contributed by atoms with van der Waals surface area (Å²) in [6, 6.07) is 9.07. The average Bonchev–Trinajstić information content (AvgIpc) is 2.78. The average molecular weight is 277 g/mol. The lowest BCUT2D eigenvalue weighted by molar-refractivity contribution is 0.369. The number of nitrogens with one attached hydrogen (secondary N) is 1. The number of rotatable bonds is 4. The molecule has 3 heteroatoms. The fourth-order valence-corrected chi connectivity index (χ4v) is 3.36. The van der Waals surface area contributed by atoms with Gasteiger partial charge in [0.25, 0.3) is 0 Å². The van der Waals surface area contributed by atoms with Gasteiger partial charge in [0.1, 0.15) is 0 Å². The van der Waals surface area contributed by atoms with Crippen LogP contribution >= 0.6 is 11.6 Å². The van der Waals surface area contributed by atoms with E-state index in [2.05, 4.69) is 34.3 Å². The Bertz CT molecular complexity index is 541. The van der Waals surface area contributed by atoms with Crippen molar-refractivity contribution in [1.29, 1.82) is 0 Å². The molecule has 0 unspecified atom stereocenters. The van der Waals surface area contributed by atoms with Crippen molar-refractivity contribution in [3.05, 3.63) is 35.5 Å². The summed E-state index contributed by atoms with van der Waals surface area (Å²) in [5.74, 6) is 0. The van der Waals surface area contributed by atoms with E-state index in [1.165, 1.54) is 37.6 Å². The number of para-hydroxylation sites is 1. The van der Waals surface area contributed by atoms with Gasteiger partial charge in [0.05, 0.1) is 5.02 Å². The SMILES string of the molecule is Clc1cn(CCNC2CCCCC2)c2ccccc12. The summed E-state index contributed by atoms with van der Waals surface area (Å²) < 4.78 is 2.26. The molecular weight excluding hydrogens is 256 g/mol. The van der Waals surface area contributed by atoms with Crippen LogP contribution in [0.4, 0.5) is 0 Å². The Balaban J connectivity index is 1.62. The van der Waals surface area contributed by atoms with Crippen LogP contribution in [0.25, 0.3) is 10.9 Å². The third kappa shape index (κ3) is 2.96. The van der Waals surface area contributed by atoms with Crippen LogP contribution in [-0.2, 0) is 6.54 Å². The molecule has 2 aromatic rings. The predicted molar refractivity (Wildman–Crippen MR) is 81.8 cm³/mol. The van der Waals surface area contributed by atoms with Gasteiger partial charge in [0.15, 0.2) is 0 Å². The van der Waals surface area contributed by atoms with Gasteiger partial charge in [-0.15, -0.1) is 0 Å². The standard InChI is InChI=1S/C16H21ClN2/c17-15-12-19(16-9-5-4-8-14(15)16)11-10-18-13-6-2-1-3-7-13/h4-5,8-9,12-13,18H,1-3,6-7,10-11H2. The lowest BCUT2D eigenvalue weighted by Gasteiger charge is -2.23. The third-order valence-corrected chi connectivity index (χ3v) is 4.43. The highest BCUT2D eigenvalue weighted by atomic mass is 35.5. The molecule has 1 aromatic carbocycles. The summed E-state index contributed by atoms with van der Waals surface area (Å²) in [6.07, 6.45) is 8.91. The highest BCUT2D eigenvalue weighted by Crippen LogP contribution is 2.25. The Kier molecular flexibility index (Phi) is 4.09. The Hall–Kier alpha value is -0.990. The van der Waals surface area contributed by atoms with Gasteiger partial charge < -0.3 is 9.88 Å². The zero-order chi connectivity index (χ0) is 13.1. The van der Waals surface area contributed by atoms with Gasteiger partial charge >= 0.3 is 0 Å². The molecule has 1 fully saturated rings. The maximum Gasteiger partial charge on any atom is 0.0661 e. The Labute approximate surface area is 119 Å². The van der Waals surface area contributed by atoms with Crippen LogP contribution < -0.4 is 5.32 Å². The zero-order valence-electron chi connectivity index (χ0n) is 11.2. The number of aromatic nitrogens is 1. The van der Waals surface area contributed by atoms with E-state index in [-0.39, 0.29) is 0 Å². The van der Waals surface area contributed by atoms with Gasteiger partial charge in [-0.25, -0.2) is 0 Å². The van der Waals surface area contributed by atoms with Crippen LogP contribution in [0.15, 0.2) is 30.5 Å². The van der Waals surface area contributed by atoms with E-state index in [9.17, 15) is 0 Å². The molecule has 1 aliphatic rings. The Morgan fingerprint density at radius 3 is 2.79 bits per heavy atom. The Morgan fingerprint density at radius 1 is 1.16 bits per heavy atom. The highest BCUT2D eigenvalue weighted by molar-refractivity contribution is 6.35. The zero-order valence-corrected chi connectivity index (χ0v) is 12.0. The van der Waals surface area contributed by atoms with Crippen molar-refractivity contribution >= 4 is 22.5 Å². The van der Waals surface area contributed by atoms with Gasteiger partial charge in [0, 0.05) is 36.2 Å². The molecule has 0 atom stereocenters. The molecule has 0 radical (unpaired) electrons. The molecule has 102 valence electrons. The van der Waals surface area contributed by atoms with Crippen LogP contribution in [0.2, 0.25) is 5.02 Å². The fourth-order valence-electron chi connectivity index (χ4n) is 3.08. The van der Waals surface area contributed by atoms with Gasteiger partial charge in [0.2, 0.25) is 0 Å². The number of hydrogen-bond acceptors (Lipinski definition) is 1. The number of hydrogen-bond donors (Lipinski definition) is 1. The third-order valence-electron chi connectivity index (χ3n) is 4.13. The number of benzene rings is 1. The van der Waals surface area contributed by atoms with Crippen LogP contribution in [0.3, 0.4) is 0 Å². The molecule has 0 spiro atoms. The second-order valence-electron chi connectivity index (χ2n) is 5.48. The summed E-state index contributed by atoms with van der Waals surface area (Å²) in [6.45, 7) is 2.02. The second-order valence-corrected chi connectivity index (χ2v) is 5.88. The quantitative estimate of drug-likeness (QED) is 0.885. The van der Waals surface area contributed by atoms with E-state index < -0.39 is 0 Å². The van der Waals surface area contributed by atoms with Gasteiger partial charge in [-0.2, -0.15) is 0 Å². The molecule has 1 heterocycles. The summed E-state index contributed by atoms with van der Waals surface area (Å²) >= 11 is 6.26. The molecule has 1 saturated carbocycles. The molecule has 0 amide bonds. The molecule has 0 aliphatic heterocycles. The largest absolute Gasteiger partial charge is 0.345 e. The summed E-state index contributed by atoms with van der Waals surface area (Å²) in [4.78, 5) is 0. The lowest BCUT2D eigenvalue weighted by Crippen LogP contribution is -2.33. The van der Waals surface area contributed by atoms with Crippen LogP contribution in [0, 0.1) is 0 Å². The maximum atomic E-state index is 6.26. The minimum absolute atomic E-state index is 0.728. The molecular formula is C16H21ClN2. The Morgan fingerprint density at radius 2 is 1.95 bits per heavy atom. The first-order valence-corrected chi connectivity index (χ1v) is 7.69. The minimum Gasteiger partial charge on any atom is -0.345 e. The van der Waals surface area contributed by atoms with Crippen LogP contribution in [0.1, 0.15) is 32.1 Å². The molecule has 0 bridgehead atoms. The van der Waals surface area contributed by atoms with Gasteiger partial charge in [-0.3, -0.25) is 0 Å². The van der Waals surface area contributed by atoms with E-state index in [0.717, 1.165) is 29.5 Å². The summed E-state index contributed by atoms with van der Waals surface area (Å²) in [5, 5.41) is 5.69. The van der Waals surface area contributed by atoms with E-state index in [1.807, 2.05) is 6.07 Å². The lowest BCUT2D eigenvalue weighted by atomic mass is 9.95. The molecule has 1 aromatic heterocycles. The van der Waals surface area contributed by atoms with Gasteiger partial charge in [-0.1, -0.05) is 49.1 Å².